The molecule has 0 amide bonds. The predicted molar refractivity (Wildman–Crippen MR) is 85.6 cm³/mol. The summed E-state index contributed by atoms with van der Waals surface area (Å²) in [6, 6.07) is -1.67. The van der Waals surface area contributed by atoms with Gasteiger partial charge in [0.2, 0.25) is 0 Å². The van der Waals surface area contributed by atoms with Gasteiger partial charge in [0.25, 0.3) is 5.88 Å². The predicted octanol–water partition coefficient (Wildman–Crippen LogP) is 3.61. The molecule has 24 heavy (non-hydrogen) atoms. The number of rotatable bonds is 6. The topological polar surface area (TPSA) is 57.7 Å². The van der Waals surface area contributed by atoms with Gasteiger partial charge >= 0.3 is 5.97 Å². The molecular formula is C17H13ClFNO4. The van der Waals surface area contributed by atoms with E-state index in [0.29, 0.717) is 0 Å². The molecule has 0 unspecified atom stereocenters. The summed E-state index contributed by atoms with van der Waals surface area (Å²) in [5, 5.41) is 0.0128. The first kappa shape index (κ1) is 12.6. The van der Waals surface area contributed by atoms with Gasteiger partial charge < -0.3 is 14.2 Å². The molecule has 2 aromatic rings. The third-order valence-corrected chi connectivity index (χ3v) is 2.68. The Kier molecular flexibility index (Phi) is 4.30. The van der Waals surface area contributed by atoms with E-state index in [1.807, 2.05) is 0 Å². The molecular weight excluding hydrogens is 337 g/mol. The Hall–Kier alpha value is -2.78. The Morgan fingerprint density at radius 2 is 2.12 bits per heavy atom. The van der Waals surface area contributed by atoms with Crippen LogP contribution in [0.5, 0.6) is 17.4 Å². The number of esters is 1. The Bertz CT molecular complexity index is 938. The molecule has 7 heteroatoms. The summed E-state index contributed by atoms with van der Waals surface area (Å²) in [4.78, 5) is 15.3. The van der Waals surface area contributed by atoms with Gasteiger partial charge in [0, 0.05) is 6.20 Å². The van der Waals surface area contributed by atoms with Crippen LogP contribution in [0.3, 0.4) is 0 Å². The zero-order valence-corrected chi connectivity index (χ0v) is 13.1. The molecule has 0 saturated carbocycles. The summed E-state index contributed by atoms with van der Waals surface area (Å²) in [6.45, 7) is 1.01. The van der Waals surface area contributed by atoms with Crippen molar-refractivity contribution in [2.24, 2.45) is 0 Å². The van der Waals surface area contributed by atoms with E-state index in [1.54, 1.807) is 0 Å². The number of halogens is 2. The summed E-state index contributed by atoms with van der Waals surface area (Å²) < 4.78 is 60.8. The van der Waals surface area contributed by atoms with Gasteiger partial charge in [0.15, 0.2) is 18.5 Å². The van der Waals surface area contributed by atoms with Gasteiger partial charge in [0.1, 0.15) is 11.5 Å². The highest BCUT2D eigenvalue weighted by Crippen LogP contribution is 2.26. The highest BCUT2D eigenvalue weighted by molar-refractivity contribution is 6.30. The number of aromatic nitrogens is 1. The van der Waals surface area contributed by atoms with Gasteiger partial charge in [-0.1, -0.05) is 17.5 Å². The number of hydrogen-bond donors (Lipinski definition) is 0. The zero-order chi connectivity index (χ0) is 21.0. The molecule has 1 aromatic heterocycles. The second kappa shape index (κ2) is 8.18. The number of terminal acetylenes is 1. The minimum atomic E-state index is -1.25. The molecule has 0 bridgehead atoms. The Morgan fingerprint density at radius 3 is 2.75 bits per heavy atom. The standard InChI is InChI=1S/C17H13ClFNO4/c1-3-8-22-17(21)11(2)23-13-4-6-14(7-5-13)24-16-15(19)9-12(18)10-20-16/h1,4-7,9-11H,8H2,2H3/t11-/m1/s1/i4D,5D,6D,7D. The van der Waals surface area contributed by atoms with E-state index in [0.717, 1.165) is 12.3 Å². The van der Waals surface area contributed by atoms with Gasteiger partial charge in [-0.25, -0.2) is 14.2 Å². The molecule has 0 saturated heterocycles. The normalized spacial score (nSPS) is 13.6. The summed E-state index contributed by atoms with van der Waals surface area (Å²) in [5.41, 5.74) is 0. The lowest BCUT2D eigenvalue weighted by Gasteiger charge is -2.13. The van der Waals surface area contributed by atoms with E-state index in [-0.39, 0.29) is 11.6 Å². The molecule has 0 spiro atoms. The molecule has 1 heterocycles. The molecule has 124 valence electrons. The highest BCUT2D eigenvalue weighted by atomic mass is 35.5. The van der Waals surface area contributed by atoms with Crippen LogP contribution in [0.25, 0.3) is 0 Å². The van der Waals surface area contributed by atoms with Crippen LogP contribution in [0.1, 0.15) is 12.4 Å². The minimum Gasteiger partial charge on any atom is -0.479 e. The average molecular weight is 354 g/mol. The van der Waals surface area contributed by atoms with Gasteiger partial charge in [-0.2, -0.15) is 0 Å². The molecule has 0 aliphatic rings. The fraction of sp³-hybridized carbons (Fsp3) is 0.176. The molecule has 5 nitrogen and oxygen atoms in total. The fourth-order valence-electron chi connectivity index (χ4n) is 1.43. The van der Waals surface area contributed by atoms with Crippen LogP contribution in [-0.4, -0.2) is 23.7 Å². The van der Waals surface area contributed by atoms with Gasteiger partial charge in [0.05, 0.1) is 10.5 Å². The third-order valence-electron chi connectivity index (χ3n) is 2.48. The average Bonchev–Trinajstić information content (AvgIpc) is 2.66. The first-order valence-electron chi connectivity index (χ1n) is 8.53. The van der Waals surface area contributed by atoms with E-state index in [2.05, 4.69) is 15.6 Å². The third kappa shape index (κ3) is 4.86. The van der Waals surface area contributed by atoms with Crippen LogP contribution in [0.15, 0.2) is 36.4 Å². The van der Waals surface area contributed by atoms with Crippen LogP contribution >= 0.6 is 11.6 Å². The molecule has 2 rings (SSSR count). The van der Waals surface area contributed by atoms with E-state index in [4.69, 9.17) is 33.0 Å². The molecule has 1 atom stereocenters. The SMILES string of the molecule is [2H]c1c([2H])c(O[C@H](C)C(=O)OCC#C)c([2H])c([2H])c1Oc1ncc(Cl)cc1F. The maximum absolute atomic E-state index is 13.9. The lowest BCUT2D eigenvalue weighted by Crippen LogP contribution is -2.26. The van der Waals surface area contributed by atoms with Crippen molar-refractivity contribution in [1.29, 1.82) is 0 Å². The number of hydrogen-bond acceptors (Lipinski definition) is 5. The van der Waals surface area contributed by atoms with E-state index < -0.39 is 59.4 Å². The van der Waals surface area contributed by atoms with Crippen molar-refractivity contribution in [1.82, 2.24) is 4.98 Å². The summed E-state index contributed by atoms with van der Waals surface area (Å²) in [7, 11) is 0. The second-order valence-corrected chi connectivity index (χ2v) is 4.71. The maximum atomic E-state index is 13.9. The van der Waals surface area contributed by atoms with Crippen LogP contribution in [0, 0.1) is 18.2 Å². The smallest absolute Gasteiger partial charge is 0.347 e. The van der Waals surface area contributed by atoms with Crippen molar-refractivity contribution in [3.8, 4) is 29.7 Å². The molecule has 0 aliphatic heterocycles. The van der Waals surface area contributed by atoms with Gasteiger partial charge in [-0.3, -0.25) is 0 Å². The summed E-state index contributed by atoms with van der Waals surface area (Å²) >= 11 is 5.60. The van der Waals surface area contributed by atoms with Gasteiger partial charge in [-0.05, 0) is 37.2 Å². The van der Waals surface area contributed by atoms with Crippen molar-refractivity contribution in [2.75, 3.05) is 6.61 Å². The first-order valence-corrected chi connectivity index (χ1v) is 6.91. The Labute approximate surface area is 148 Å². The number of carbonyl (C=O) groups excluding carboxylic acids is 1. The molecule has 0 N–H and O–H groups in total. The molecule has 0 radical (unpaired) electrons. The lowest BCUT2D eigenvalue weighted by molar-refractivity contribution is -0.149. The Morgan fingerprint density at radius 1 is 1.46 bits per heavy atom. The zero-order valence-electron chi connectivity index (χ0n) is 16.4. The van der Waals surface area contributed by atoms with Crippen molar-refractivity contribution < 1.29 is 28.9 Å². The van der Waals surface area contributed by atoms with Gasteiger partial charge in [-0.15, -0.1) is 6.42 Å². The highest BCUT2D eigenvalue weighted by Gasteiger charge is 2.16. The van der Waals surface area contributed by atoms with Crippen LogP contribution in [-0.2, 0) is 9.53 Å². The summed E-state index contributed by atoms with van der Waals surface area (Å²) in [5.74, 6) is -1.34. The largest absolute Gasteiger partial charge is 0.479 e. The van der Waals surface area contributed by atoms with E-state index in [1.165, 1.54) is 6.92 Å². The van der Waals surface area contributed by atoms with Crippen LogP contribution in [0.4, 0.5) is 4.39 Å². The number of carbonyl (C=O) groups is 1. The number of pyridine rings is 1. The quantitative estimate of drug-likeness (QED) is 0.586. The maximum Gasteiger partial charge on any atom is 0.347 e. The van der Waals surface area contributed by atoms with Crippen molar-refractivity contribution in [3.63, 3.8) is 0 Å². The molecule has 0 fully saturated rings. The number of nitrogens with zero attached hydrogens (tertiary/aromatic N) is 1. The monoisotopic (exact) mass is 353 g/mol. The molecule has 1 aromatic carbocycles. The van der Waals surface area contributed by atoms with Crippen molar-refractivity contribution in [3.05, 3.63) is 47.3 Å². The minimum absolute atomic E-state index is 0.0128. The van der Waals surface area contributed by atoms with Crippen molar-refractivity contribution in [2.45, 2.75) is 13.0 Å². The second-order valence-electron chi connectivity index (χ2n) is 4.27. The lowest BCUT2D eigenvalue weighted by atomic mass is 10.3. The van der Waals surface area contributed by atoms with Crippen molar-refractivity contribution >= 4 is 17.6 Å². The summed E-state index contributed by atoms with van der Waals surface area (Å²) in [6.07, 6.45) is 4.83. The van der Waals surface area contributed by atoms with Crippen LogP contribution < -0.4 is 9.47 Å². The Balaban J connectivity index is 2.37. The van der Waals surface area contributed by atoms with Crippen LogP contribution in [0.2, 0.25) is 5.02 Å². The number of ether oxygens (including phenoxy) is 3. The van der Waals surface area contributed by atoms with E-state index in [9.17, 15) is 9.18 Å². The molecule has 0 aliphatic carbocycles. The number of benzene rings is 1. The fourth-order valence-corrected chi connectivity index (χ4v) is 1.57. The van der Waals surface area contributed by atoms with E-state index >= 15 is 0 Å². The first-order chi connectivity index (χ1) is 13.2.